The summed E-state index contributed by atoms with van der Waals surface area (Å²) in [6, 6.07) is 3.71. The number of carbonyl (C=O) groups is 1. The van der Waals surface area contributed by atoms with Crippen molar-refractivity contribution in [3.8, 4) is 0 Å². The van der Waals surface area contributed by atoms with Crippen LogP contribution in [0.4, 0.5) is 5.82 Å². The predicted octanol–water partition coefficient (Wildman–Crippen LogP) is 0.569. The minimum absolute atomic E-state index is 0.343. The SMILES string of the molecule is C=C(C)C(C(=O)O)C(Cc1ccc(NCCN)nc1)c1nn[nH]n1. The lowest BCUT2D eigenvalue weighted by atomic mass is 9.82. The summed E-state index contributed by atoms with van der Waals surface area (Å²) in [5, 5.41) is 26.4. The zero-order valence-electron chi connectivity index (χ0n) is 13.4. The van der Waals surface area contributed by atoms with Crippen LogP contribution >= 0.6 is 0 Å². The number of nitrogens with zero attached hydrogens (tertiary/aromatic N) is 4. The van der Waals surface area contributed by atoms with Crippen LogP contribution in [0.15, 0.2) is 30.5 Å². The molecule has 2 heterocycles. The molecule has 0 fully saturated rings. The Morgan fingerprint density at radius 1 is 1.50 bits per heavy atom. The van der Waals surface area contributed by atoms with Gasteiger partial charge in [-0.2, -0.15) is 5.21 Å². The highest BCUT2D eigenvalue weighted by atomic mass is 16.4. The second-order valence-electron chi connectivity index (χ2n) is 5.51. The van der Waals surface area contributed by atoms with E-state index in [1.54, 1.807) is 13.1 Å². The van der Waals surface area contributed by atoms with Gasteiger partial charge in [0, 0.05) is 25.2 Å². The summed E-state index contributed by atoms with van der Waals surface area (Å²) >= 11 is 0. The minimum Gasteiger partial charge on any atom is -0.481 e. The Morgan fingerprint density at radius 3 is 2.79 bits per heavy atom. The van der Waals surface area contributed by atoms with E-state index in [1.807, 2.05) is 12.1 Å². The van der Waals surface area contributed by atoms with Gasteiger partial charge in [-0.1, -0.05) is 23.4 Å². The van der Waals surface area contributed by atoms with Gasteiger partial charge in [0.15, 0.2) is 5.82 Å². The first-order chi connectivity index (χ1) is 11.5. The topological polar surface area (TPSA) is 143 Å². The quantitative estimate of drug-likeness (QED) is 0.488. The van der Waals surface area contributed by atoms with Gasteiger partial charge in [-0.05, 0) is 25.0 Å². The number of anilines is 1. The molecule has 9 nitrogen and oxygen atoms in total. The monoisotopic (exact) mass is 331 g/mol. The molecule has 9 heteroatoms. The normalized spacial score (nSPS) is 13.2. The number of nitrogens with one attached hydrogen (secondary N) is 2. The van der Waals surface area contributed by atoms with Gasteiger partial charge < -0.3 is 16.2 Å². The second-order valence-corrected chi connectivity index (χ2v) is 5.51. The number of rotatable bonds is 9. The van der Waals surface area contributed by atoms with Crippen LogP contribution in [0.3, 0.4) is 0 Å². The molecule has 2 aromatic heterocycles. The van der Waals surface area contributed by atoms with Gasteiger partial charge >= 0.3 is 5.97 Å². The number of nitrogens with two attached hydrogens (primary N) is 1. The minimum atomic E-state index is -0.966. The van der Waals surface area contributed by atoms with Gasteiger partial charge in [-0.15, -0.1) is 10.2 Å². The maximum absolute atomic E-state index is 11.7. The smallest absolute Gasteiger partial charge is 0.311 e. The highest BCUT2D eigenvalue weighted by Crippen LogP contribution is 2.30. The van der Waals surface area contributed by atoms with E-state index in [9.17, 15) is 9.90 Å². The average Bonchev–Trinajstić information content (AvgIpc) is 3.07. The van der Waals surface area contributed by atoms with Gasteiger partial charge in [0.1, 0.15) is 5.82 Å². The molecule has 2 aromatic rings. The third-order valence-electron chi connectivity index (χ3n) is 3.62. The van der Waals surface area contributed by atoms with Crippen LogP contribution in [0.5, 0.6) is 0 Å². The van der Waals surface area contributed by atoms with Crippen LogP contribution in [-0.2, 0) is 11.2 Å². The third kappa shape index (κ3) is 4.35. The zero-order chi connectivity index (χ0) is 17.5. The Bertz CT molecular complexity index is 656. The third-order valence-corrected chi connectivity index (χ3v) is 3.62. The largest absolute Gasteiger partial charge is 0.481 e. The number of hydrogen-bond acceptors (Lipinski definition) is 7. The number of aromatic nitrogens is 5. The number of aliphatic carboxylic acids is 1. The maximum atomic E-state index is 11.7. The van der Waals surface area contributed by atoms with Crippen molar-refractivity contribution in [2.45, 2.75) is 19.3 Å². The number of hydrogen-bond donors (Lipinski definition) is 4. The van der Waals surface area contributed by atoms with Crippen molar-refractivity contribution in [2.75, 3.05) is 18.4 Å². The highest BCUT2D eigenvalue weighted by molar-refractivity contribution is 5.74. The van der Waals surface area contributed by atoms with E-state index in [0.29, 0.717) is 30.9 Å². The molecule has 0 saturated heterocycles. The molecule has 0 aliphatic carbocycles. The molecule has 24 heavy (non-hydrogen) atoms. The zero-order valence-corrected chi connectivity index (χ0v) is 13.4. The van der Waals surface area contributed by atoms with E-state index in [4.69, 9.17) is 5.73 Å². The van der Waals surface area contributed by atoms with Crippen LogP contribution in [0.1, 0.15) is 24.2 Å². The maximum Gasteiger partial charge on any atom is 0.311 e. The van der Waals surface area contributed by atoms with E-state index in [-0.39, 0.29) is 0 Å². The predicted molar refractivity (Wildman–Crippen MR) is 88.3 cm³/mol. The Hall–Kier alpha value is -2.81. The van der Waals surface area contributed by atoms with E-state index in [1.165, 1.54) is 0 Å². The number of carboxylic acids is 1. The Kier molecular flexibility index (Phi) is 5.96. The molecule has 0 spiro atoms. The van der Waals surface area contributed by atoms with E-state index in [2.05, 4.69) is 37.5 Å². The van der Waals surface area contributed by atoms with Crippen LogP contribution in [0.25, 0.3) is 0 Å². The Balaban J connectivity index is 2.22. The van der Waals surface area contributed by atoms with Gasteiger partial charge in [0.05, 0.1) is 5.92 Å². The molecule has 0 bridgehead atoms. The summed E-state index contributed by atoms with van der Waals surface area (Å²) in [5.74, 6) is -1.20. The molecule has 2 unspecified atom stereocenters. The van der Waals surface area contributed by atoms with Crippen molar-refractivity contribution in [3.05, 3.63) is 41.9 Å². The summed E-state index contributed by atoms with van der Waals surface area (Å²) in [6.45, 7) is 6.63. The summed E-state index contributed by atoms with van der Waals surface area (Å²) in [5.41, 5.74) is 6.84. The van der Waals surface area contributed by atoms with Crippen molar-refractivity contribution < 1.29 is 9.90 Å². The van der Waals surface area contributed by atoms with E-state index in [0.717, 1.165) is 11.4 Å². The van der Waals surface area contributed by atoms with Crippen molar-refractivity contribution in [3.63, 3.8) is 0 Å². The van der Waals surface area contributed by atoms with Crippen LogP contribution in [0, 0.1) is 5.92 Å². The van der Waals surface area contributed by atoms with Crippen molar-refractivity contribution in [2.24, 2.45) is 11.7 Å². The number of aromatic amines is 1. The second kappa shape index (κ2) is 8.16. The molecule has 128 valence electrons. The fourth-order valence-corrected chi connectivity index (χ4v) is 2.52. The lowest BCUT2D eigenvalue weighted by Crippen LogP contribution is -2.25. The molecule has 0 amide bonds. The average molecular weight is 331 g/mol. The van der Waals surface area contributed by atoms with Crippen LogP contribution < -0.4 is 11.1 Å². The molecule has 2 rings (SSSR count). The first kappa shape index (κ1) is 17.5. The molecule has 0 aromatic carbocycles. The van der Waals surface area contributed by atoms with Gasteiger partial charge in [0.25, 0.3) is 0 Å². The van der Waals surface area contributed by atoms with Crippen molar-refractivity contribution in [1.29, 1.82) is 0 Å². The molecule has 0 aliphatic rings. The standard InChI is InChI=1S/C15H21N7O2/c1-9(2)13(15(23)24)11(14-19-21-22-20-14)7-10-3-4-12(18-8-10)17-6-5-16/h3-4,8,11,13H,1,5-7,16H2,2H3,(H,17,18)(H,23,24)(H,19,20,21,22). The molecule has 2 atom stereocenters. The fraction of sp³-hybridized carbons (Fsp3) is 0.400. The lowest BCUT2D eigenvalue weighted by Gasteiger charge is -2.21. The molecule has 0 aliphatic heterocycles. The lowest BCUT2D eigenvalue weighted by molar-refractivity contribution is -0.141. The number of H-pyrrole nitrogens is 1. The molecule has 0 saturated carbocycles. The van der Waals surface area contributed by atoms with Crippen molar-refractivity contribution in [1.82, 2.24) is 25.6 Å². The van der Waals surface area contributed by atoms with E-state index < -0.39 is 17.8 Å². The summed E-state index contributed by atoms with van der Waals surface area (Å²) < 4.78 is 0. The first-order valence-corrected chi connectivity index (χ1v) is 7.53. The van der Waals surface area contributed by atoms with Crippen molar-refractivity contribution >= 4 is 11.8 Å². The number of pyridine rings is 1. The van der Waals surface area contributed by atoms with Crippen LogP contribution in [0.2, 0.25) is 0 Å². The first-order valence-electron chi connectivity index (χ1n) is 7.53. The van der Waals surface area contributed by atoms with Crippen LogP contribution in [-0.4, -0.2) is 49.8 Å². The highest BCUT2D eigenvalue weighted by Gasteiger charge is 2.33. The van der Waals surface area contributed by atoms with Gasteiger partial charge in [-0.3, -0.25) is 4.79 Å². The Morgan fingerprint density at radius 2 is 2.29 bits per heavy atom. The Labute approximate surface area is 139 Å². The summed E-state index contributed by atoms with van der Waals surface area (Å²) in [7, 11) is 0. The van der Waals surface area contributed by atoms with E-state index >= 15 is 0 Å². The number of carboxylic acid groups (broad SMARTS) is 1. The fourth-order valence-electron chi connectivity index (χ4n) is 2.52. The number of tetrazole rings is 1. The molecular formula is C15H21N7O2. The summed E-state index contributed by atoms with van der Waals surface area (Å²) in [6.07, 6.45) is 2.11. The van der Waals surface area contributed by atoms with Gasteiger partial charge in [-0.25, -0.2) is 4.98 Å². The molecule has 5 N–H and O–H groups in total. The molecular weight excluding hydrogens is 310 g/mol. The van der Waals surface area contributed by atoms with Gasteiger partial charge in [0.2, 0.25) is 0 Å². The summed E-state index contributed by atoms with van der Waals surface area (Å²) in [4.78, 5) is 16.0. The molecule has 0 radical (unpaired) electrons.